The molecular weight excluding hydrogens is 542 g/mol. The second-order valence-electron chi connectivity index (χ2n) is 11.1. The lowest BCUT2D eigenvalue weighted by atomic mass is 9.94. The van der Waals surface area contributed by atoms with Gasteiger partial charge in [-0.1, -0.05) is 17.9 Å². The first-order chi connectivity index (χ1) is 20.3. The van der Waals surface area contributed by atoms with Crippen LogP contribution in [0.1, 0.15) is 43.8 Å². The van der Waals surface area contributed by atoms with Crippen LogP contribution < -0.4 is 4.74 Å². The number of alkyl halides is 2. The molecule has 4 aromatic rings. The normalized spacial score (nSPS) is 17.5. The number of piperidine rings is 1. The van der Waals surface area contributed by atoms with Gasteiger partial charge in [0, 0.05) is 37.4 Å². The van der Waals surface area contributed by atoms with Crippen molar-refractivity contribution < 1.29 is 18.3 Å². The number of halogens is 2. The predicted molar refractivity (Wildman–Crippen MR) is 153 cm³/mol. The summed E-state index contributed by atoms with van der Waals surface area (Å²) in [5.74, 6) is 0.744. The summed E-state index contributed by atoms with van der Waals surface area (Å²) in [6.07, 6.45) is 5.79. The number of hydrogen-bond donors (Lipinski definition) is 0. The van der Waals surface area contributed by atoms with Crippen LogP contribution >= 0.6 is 0 Å². The van der Waals surface area contributed by atoms with Crippen LogP contribution in [0.3, 0.4) is 0 Å². The second-order valence-corrected chi connectivity index (χ2v) is 11.1. The Morgan fingerprint density at radius 1 is 1.19 bits per heavy atom. The Morgan fingerprint density at radius 3 is 2.67 bits per heavy atom. The number of likely N-dealkylation sites (tertiary alicyclic amines) is 2. The maximum atomic E-state index is 13.8. The van der Waals surface area contributed by atoms with Crippen molar-refractivity contribution in [3.63, 3.8) is 0 Å². The molecule has 6 rings (SSSR count). The Kier molecular flexibility index (Phi) is 7.72. The van der Waals surface area contributed by atoms with Gasteiger partial charge in [0.15, 0.2) is 0 Å². The van der Waals surface area contributed by atoms with Gasteiger partial charge in [0.1, 0.15) is 29.4 Å². The van der Waals surface area contributed by atoms with Crippen LogP contribution in [0.5, 0.6) is 5.75 Å². The Balaban J connectivity index is 1.18. The first-order valence-corrected chi connectivity index (χ1v) is 14.2. The molecule has 5 heterocycles. The summed E-state index contributed by atoms with van der Waals surface area (Å²) in [5, 5.41) is 8.94. The van der Waals surface area contributed by atoms with E-state index >= 15 is 0 Å². The van der Waals surface area contributed by atoms with Crippen LogP contribution in [-0.4, -0.2) is 77.5 Å². The largest absolute Gasteiger partial charge is 0.482 e. The topological polar surface area (TPSA) is 94.2 Å². The zero-order chi connectivity index (χ0) is 29.4. The number of carbonyl (C=O) groups is 1. The molecule has 0 saturated carbocycles. The van der Waals surface area contributed by atoms with Crippen molar-refractivity contribution in [2.75, 3.05) is 26.2 Å². The van der Waals surface area contributed by atoms with E-state index in [0.717, 1.165) is 62.2 Å². The number of benzene rings is 1. The van der Waals surface area contributed by atoms with Crippen molar-refractivity contribution >= 4 is 16.9 Å². The van der Waals surface area contributed by atoms with E-state index in [1.54, 1.807) is 18.3 Å². The third-order valence-corrected chi connectivity index (χ3v) is 8.45. The molecule has 1 atom stereocenters. The lowest BCUT2D eigenvalue weighted by Gasteiger charge is -2.47. The van der Waals surface area contributed by atoms with Crippen LogP contribution in [-0.2, 0) is 11.3 Å². The zero-order valence-corrected chi connectivity index (χ0v) is 23.7. The molecule has 0 aliphatic carbocycles. The lowest BCUT2D eigenvalue weighted by molar-refractivity contribution is -0.133. The molecule has 1 amide bonds. The maximum Gasteiger partial charge on any atom is 0.320 e. The van der Waals surface area contributed by atoms with Gasteiger partial charge in [-0.25, -0.2) is 9.67 Å². The second kappa shape index (κ2) is 11.6. The Morgan fingerprint density at radius 2 is 1.98 bits per heavy atom. The number of pyridine rings is 1. The van der Waals surface area contributed by atoms with Crippen LogP contribution in [0.4, 0.5) is 8.78 Å². The fraction of sp³-hybridized carbons (Fsp3) is 0.433. The smallest absolute Gasteiger partial charge is 0.320 e. The molecular formula is C30H34F2N8O2. The molecule has 12 heteroatoms. The van der Waals surface area contributed by atoms with Gasteiger partial charge in [0.2, 0.25) is 5.91 Å². The summed E-state index contributed by atoms with van der Waals surface area (Å²) in [4.78, 5) is 24.7. The van der Waals surface area contributed by atoms with E-state index in [0.29, 0.717) is 34.4 Å². The van der Waals surface area contributed by atoms with Crippen molar-refractivity contribution in [3.05, 3.63) is 66.9 Å². The number of ether oxygens (including phenoxy) is 1. The highest BCUT2D eigenvalue weighted by Gasteiger charge is 2.35. The number of imidazole rings is 1. The van der Waals surface area contributed by atoms with Crippen LogP contribution in [0.15, 0.2) is 55.5 Å². The van der Waals surface area contributed by atoms with Gasteiger partial charge in [0.25, 0.3) is 0 Å². The Bertz CT molecular complexity index is 1570. The summed E-state index contributed by atoms with van der Waals surface area (Å²) >= 11 is 0. The van der Waals surface area contributed by atoms with Crippen molar-refractivity contribution in [1.29, 1.82) is 0 Å². The van der Waals surface area contributed by atoms with E-state index in [2.05, 4.69) is 31.8 Å². The molecule has 42 heavy (non-hydrogen) atoms. The predicted octanol–water partition coefficient (Wildman–Crippen LogP) is 4.64. The number of rotatable bonds is 9. The van der Waals surface area contributed by atoms with Crippen molar-refractivity contribution in [3.8, 4) is 17.0 Å². The highest BCUT2D eigenvalue weighted by Crippen LogP contribution is 2.37. The molecule has 1 aromatic carbocycles. The molecule has 0 unspecified atom stereocenters. The van der Waals surface area contributed by atoms with Crippen molar-refractivity contribution in [2.24, 2.45) is 5.92 Å². The van der Waals surface area contributed by atoms with E-state index in [-0.39, 0.29) is 17.2 Å². The molecule has 0 radical (unpaired) electrons. The highest BCUT2D eigenvalue weighted by atomic mass is 19.3. The van der Waals surface area contributed by atoms with Gasteiger partial charge < -0.3 is 9.64 Å². The molecule has 0 bridgehead atoms. The number of hydrogen-bond acceptors (Lipinski definition) is 7. The van der Waals surface area contributed by atoms with E-state index in [4.69, 9.17) is 4.74 Å². The number of carbonyl (C=O) groups excluding carboxylic acids is 1. The summed E-state index contributed by atoms with van der Waals surface area (Å²) in [5.41, 5.74) is 3.56. The quantitative estimate of drug-likeness (QED) is 0.268. The summed E-state index contributed by atoms with van der Waals surface area (Å²) in [6, 6.07) is 9.42. The third-order valence-electron chi connectivity index (χ3n) is 8.45. The van der Waals surface area contributed by atoms with Gasteiger partial charge in [-0.05, 0) is 76.0 Å². The molecule has 0 N–H and O–H groups in total. The van der Waals surface area contributed by atoms with Gasteiger partial charge in [0.05, 0.1) is 16.9 Å². The number of fused-ring (bicyclic) bond motifs is 1. The molecule has 2 aliphatic heterocycles. The van der Waals surface area contributed by atoms with Crippen LogP contribution in [0, 0.1) is 12.8 Å². The van der Waals surface area contributed by atoms with Crippen molar-refractivity contribution in [1.82, 2.24) is 39.3 Å². The fourth-order valence-electron chi connectivity index (χ4n) is 5.92. The minimum absolute atomic E-state index is 0.00141. The molecule has 10 nitrogen and oxygen atoms in total. The zero-order valence-electron chi connectivity index (χ0n) is 23.7. The van der Waals surface area contributed by atoms with Crippen LogP contribution in [0.2, 0.25) is 0 Å². The van der Waals surface area contributed by atoms with E-state index in [9.17, 15) is 13.6 Å². The number of nitrogens with zero attached hydrogens (tertiary/aromatic N) is 8. The van der Waals surface area contributed by atoms with Gasteiger partial charge in [-0.2, -0.15) is 8.78 Å². The molecule has 220 valence electrons. The minimum atomic E-state index is -2.76. The van der Waals surface area contributed by atoms with Crippen molar-refractivity contribution in [2.45, 2.75) is 51.9 Å². The van der Waals surface area contributed by atoms with Crippen LogP contribution in [0.25, 0.3) is 22.3 Å². The summed E-state index contributed by atoms with van der Waals surface area (Å²) in [6.45, 7) is 8.89. The minimum Gasteiger partial charge on any atom is -0.482 e. The van der Waals surface area contributed by atoms with Gasteiger partial charge >= 0.3 is 6.55 Å². The Hall–Kier alpha value is -4.19. The fourth-order valence-corrected chi connectivity index (χ4v) is 5.92. The monoisotopic (exact) mass is 576 g/mol. The lowest BCUT2D eigenvalue weighted by Crippen LogP contribution is -2.62. The molecule has 3 aromatic heterocycles. The van der Waals surface area contributed by atoms with E-state index in [1.165, 1.54) is 6.08 Å². The molecule has 2 fully saturated rings. The average Bonchev–Trinajstić information content (AvgIpc) is 3.57. The first kappa shape index (κ1) is 28.0. The number of aromatic nitrogens is 6. The SMILES string of the molecule is C=CC(=O)N1CC(N2CCC(Cn3nnc(-c4cc(O[C@H](C)c5ccccn5)c5c(c4)ncn5C(F)F)c3C)CC2)C1. The van der Waals surface area contributed by atoms with E-state index in [1.807, 2.05) is 41.6 Å². The third kappa shape index (κ3) is 5.38. The summed E-state index contributed by atoms with van der Waals surface area (Å²) < 4.78 is 36.7. The average molecular weight is 577 g/mol. The first-order valence-electron chi connectivity index (χ1n) is 14.2. The molecule has 0 spiro atoms. The van der Waals surface area contributed by atoms with Gasteiger partial charge in [-0.15, -0.1) is 5.10 Å². The van der Waals surface area contributed by atoms with Gasteiger partial charge in [-0.3, -0.25) is 19.2 Å². The highest BCUT2D eigenvalue weighted by molar-refractivity contribution is 5.88. The standard InChI is InChI=1S/C30H34F2N8O2/c1-4-27(41)38-16-23(17-38)37-11-8-21(9-12-37)15-40-19(2)28(35-36-40)22-13-25-29(39(18-34-25)30(31)32)26(14-22)42-20(3)24-7-5-6-10-33-24/h4-7,10,13-14,18,20-21,23,30H,1,8-9,11-12,15-17H2,2-3H3/t20-/m1/s1. The summed E-state index contributed by atoms with van der Waals surface area (Å²) in [7, 11) is 0. The Labute approximate surface area is 242 Å². The molecule has 2 aliphatic rings. The molecule has 2 saturated heterocycles. The maximum absolute atomic E-state index is 13.8. The number of amides is 1. The van der Waals surface area contributed by atoms with E-state index < -0.39 is 12.7 Å².